The Hall–Kier alpha value is -0.870. The highest BCUT2D eigenvalue weighted by molar-refractivity contribution is 9.10. The van der Waals surface area contributed by atoms with Gasteiger partial charge in [0.1, 0.15) is 0 Å². The van der Waals surface area contributed by atoms with Crippen LogP contribution in [0.1, 0.15) is 12.0 Å². The van der Waals surface area contributed by atoms with E-state index in [1.54, 1.807) is 4.90 Å². The first kappa shape index (κ1) is 11.6. The van der Waals surface area contributed by atoms with E-state index in [0.29, 0.717) is 13.0 Å². The Labute approximate surface area is 103 Å². The number of hydrogen-bond acceptors (Lipinski definition) is 2. The Morgan fingerprint density at radius 1 is 1.56 bits per heavy atom. The SMILES string of the molecule is Cc1cc(Br)ccc1N1CC(CO)CC1=O. The van der Waals surface area contributed by atoms with Gasteiger partial charge in [-0.05, 0) is 30.7 Å². The summed E-state index contributed by atoms with van der Waals surface area (Å²) in [7, 11) is 0. The van der Waals surface area contributed by atoms with Gasteiger partial charge in [-0.2, -0.15) is 0 Å². The summed E-state index contributed by atoms with van der Waals surface area (Å²) in [5.41, 5.74) is 2.02. The number of halogens is 1. The molecule has 0 saturated carbocycles. The quantitative estimate of drug-likeness (QED) is 0.903. The zero-order valence-electron chi connectivity index (χ0n) is 9.11. The van der Waals surface area contributed by atoms with Gasteiger partial charge in [0.25, 0.3) is 0 Å². The van der Waals surface area contributed by atoms with Gasteiger partial charge in [0.05, 0.1) is 0 Å². The van der Waals surface area contributed by atoms with Crippen LogP contribution in [0.3, 0.4) is 0 Å². The number of amides is 1. The second kappa shape index (κ2) is 4.55. The molecular weight excluding hydrogens is 270 g/mol. The topological polar surface area (TPSA) is 40.5 Å². The lowest BCUT2D eigenvalue weighted by Crippen LogP contribution is -2.25. The third-order valence-electron chi connectivity index (χ3n) is 2.91. The molecule has 2 rings (SSSR count). The van der Waals surface area contributed by atoms with E-state index in [4.69, 9.17) is 5.11 Å². The molecule has 1 fully saturated rings. The van der Waals surface area contributed by atoms with Crippen molar-refractivity contribution in [3.63, 3.8) is 0 Å². The summed E-state index contributed by atoms with van der Waals surface area (Å²) >= 11 is 3.40. The minimum atomic E-state index is 0.0792. The van der Waals surface area contributed by atoms with Gasteiger partial charge in [-0.3, -0.25) is 4.79 Å². The number of nitrogens with zero attached hydrogens (tertiary/aromatic N) is 1. The molecule has 0 aromatic heterocycles. The first-order valence-corrected chi connectivity index (χ1v) is 6.08. The Bertz CT molecular complexity index is 419. The second-order valence-corrected chi connectivity index (χ2v) is 5.10. The lowest BCUT2D eigenvalue weighted by atomic mass is 10.1. The van der Waals surface area contributed by atoms with E-state index < -0.39 is 0 Å². The molecule has 1 aromatic rings. The molecule has 0 spiro atoms. The molecule has 1 N–H and O–H groups in total. The molecule has 16 heavy (non-hydrogen) atoms. The molecule has 1 heterocycles. The normalized spacial score (nSPS) is 20.6. The van der Waals surface area contributed by atoms with Crippen molar-refractivity contribution in [3.8, 4) is 0 Å². The molecule has 0 radical (unpaired) electrons. The molecule has 1 amide bonds. The fourth-order valence-corrected chi connectivity index (χ4v) is 2.53. The van der Waals surface area contributed by atoms with Crippen molar-refractivity contribution in [3.05, 3.63) is 28.2 Å². The summed E-state index contributed by atoms with van der Waals surface area (Å²) in [6.45, 7) is 2.69. The highest BCUT2D eigenvalue weighted by atomic mass is 79.9. The standard InChI is InChI=1S/C12H14BrNO2/c1-8-4-10(13)2-3-11(8)14-6-9(7-15)5-12(14)16/h2-4,9,15H,5-7H2,1H3. The number of anilines is 1. The summed E-state index contributed by atoms with van der Waals surface area (Å²) in [6, 6.07) is 5.87. The van der Waals surface area contributed by atoms with Crippen LogP contribution < -0.4 is 4.90 Å². The molecule has 1 saturated heterocycles. The predicted octanol–water partition coefficient (Wildman–Crippen LogP) is 2.10. The van der Waals surface area contributed by atoms with Gasteiger partial charge in [0.15, 0.2) is 0 Å². The van der Waals surface area contributed by atoms with Gasteiger partial charge < -0.3 is 10.0 Å². The van der Waals surface area contributed by atoms with Crippen LogP contribution in [-0.4, -0.2) is 24.2 Å². The first-order valence-electron chi connectivity index (χ1n) is 5.29. The summed E-state index contributed by atoms with van der Waals surface area (Å²) in [4.78, 5) is 13.6. The molecule has 0 aliphatic carbocycles. The molecule has 4 heteroatoms. The van der Waals surface area contributed by atoms with Crippen molar-refractivity contribution in [1.82, 2.24) is 0 Å². The van der Waals surface area contributed by atoms with Crippen LogP contribution in [-0.2, 0) is 4.79 Å². The average Bonchev–Trinajstić information content (AvgIpc) is 2.60. The number of carbonyl (C=O) groups excluding carboxylic acids is 1. The van der Waals surface area contributed by atoms with Gasteiger partial charge in [0, 0.05) is 35.7 Å². The zero-order valence-corrected chi connectivity index (χ0v) is 10.7. The van der Waals surface area contributed by atoms with Crippen molar-refractivity contribution >= 4 is 27.5 Å². The third-order valence-corrected chi connectivity index (χ3v) is 3.41. The average molecular weight is 284 g/mol. The highest BCUT2D eigenvalue weighted by Gasteiger charge is 2.30. The van der Waals surface area contributed by atoms with E-state index in [9.17, 15) is 4.79 Å². The second-order valence-electron chi connectivity index (χ2n) is 4.19. The molecule has 1 unspecified atom stereocenters. The maximum absolute atomic E-state index is 11.8. The molecule has 1 aliphatic rings. The van der Waals surface area contributed by atoms with Crippen LogP contribution in [0.4, 0.5) is 5.69 Å². The Morgan fingerprint density at radius 3 is 2.88 bits per heavy atom. The lowest BCUT2D eigenvalue weighted by Gasteiger charge is -2.19. The summed E-state index contributed by atoms with van der Waals surface area (Å²) in [5, 5.41) is 9.08. The highest BCUT2D eigenvalue weighted by Crippen LogP contribution is 2.29. The van der Waals surface area contributed by atoms with Gasteiger partial charge in [0.2, 0.25) is 5.91 Å². The lowest BCUT2D eigenvalue weighted by molar-refractivity contribution is -0.117. The minimum absolute atomic E-state index is 0.0792. The predicted molar refractivity (Wildman–Crippen MR) is 66.4 cm³/mol. The van der Waals surface area contributed by atoms with Crippen LogP contribution in [0.5, 0.6) is 0 Å². The van der Waals surface area contributed by atoms with E-state index in [0.717, 1.165) is 15.7 Å². The molecule has 1 atom stereocenters. The minimum Gasteiger partial charge on any atom is -0.396 e. The fourth-order valence-electron chi connectivity index (χ4n) is 2.06. The maximum atomic E-state index is 11.8. The fraction of sp³-hybridized carbons (Fsp3) is 0.417. The van der Waals surface area contributed by atoms with Crippen LogP contribution in [0.15, 0.2) is 22.7 Å². The van der Waals surface area contributed by atoms with Crippen molar-refractivity contribution in [2.75, 3.05) is 18.1 Å². The number of aliphatic hydroxyl groups is 1. The van der Waals surface area contributed by atoms with E-state index in [2.05, 4.69) is 15.9 Å². The zero-order chi connectivity index (χ0) is 11.7. The molecule has 1 aliphatic heterocycles. The van der Waals surface area contributed by atoms with E-state index >= 15 is 0 Å². The Balaban J connectivity index is 2.28. The summed E-state index contributed by atoms with van der Waals surface area (Å²) in [5.74, 6) is 0.181. The number of hydrogen-bond donors (Lipinski definition) is 1. The van der Waals surface area contributed by atoms with Gasteiger partial charge in [-0.15, -0.1) is 0 Å². The van der Waals surface area contributed by atoms with E-state index in [-0.39, 0.29) is 18.4 Å². The smallest absolute Gasteiger partial charge is 0.227 e. The van der Waals surface area contributed by atoms with Gasteiger partial charge >= 0.3 is 0 Å². The largest absolute Gasteiger partial charge is 0.396 e. The Kier molecular flexibility index (Phi) is 3.30. The van der Waals surface area contributed by atoms with Crippen molar-refractivity contribution < 1.29 is 9.90 Å². The van der Waals surface area contributed by atoms with Crippen molar-refractivity contribution in [2.45, 2.75) is 13.3 Å². The van der Waals surface area contributed by atoms with Gasteiger partial charge in [-0.25, -0.2) is 0 Å². The maximum Gasteiger partial charge on any atom is 0.227 e. The molecule has 0 bridgehead atoms. The molecular formula is C12H14BrNO2. The Morgan fingerprint density at radius 2 is 2.31 bits per heavy atom. The monoisotopic (exact) mass is 283 g/mol. The summed E-state index contributed by atoms with van der Waals surface area (Å²) < 4.78 is 1.01. The van der Waals surface area contributed by atoms with Crippen LogP contribution in [0.2, 0.25) is 0 Å². The molecule has 3 nitrogen and oxygen atoms in total. The third kappa shape index (κ3) is 2.13. The van der Waals surface area contributed by atoms with E-state index in [1.165, 1.54) is 0 Å². The van der Waals surface area contributed by atoms with Crippen LogP contribution in [0, 0.1) is 12.8 Å². The number of aryl methyl sites for hydroxylation is 1. The molecule has 86 valence electrons. The van der Waals surface area contributed by atoms with Gasteiger partial charge in [-0.1, -0.05) is 15.9 Å². The van der Waals surface area contributed by atoms with E-state index in [1.807, 2.05) is 25.1 Å². The van der Waals surface area contributed by atoms with Crippen molar-refractivity contribution in [2.24, 2.45) is 5.92 Å². The van der Waals surface area contributed by atoms with Crippen molar-refractivity contribution in [1.29, 1.82) is 0 Å². The number of aliphatic hydroxyl groups excluding tert-OH is 1. The summed E-state index contributed by atoms with van der Waals surface area (Å²) in [6.07, 6.45) is 0.450. The number of rotatable bonds is 2. The molecule has 1 aromatic carbocycles. The van der Waals surface area contributed by atoms with Crippen LogP contribution >= 0.6 is 15.9 Å². The van der Waals surface area contributed by atoms with Crippen LogP contribution in [0.25, 0.3) is 0 Å². The first-order chi connectivity index (χ1) is 7.61. The number of carbonyl (C=O) groups is 1. The number of benzene rings is 1.